The summed E-state index contributed by atoms with van der Waals surface area (Å²) in [6, 6.07) is 0. The van der Waals surface area contributed by atoms with Crippen LogP contribution in [0.4, 0.5) is 0 Å². The number of nitrogens with one attached hydrogen (secondary N) is 1. The van der Waals surface area contributed by atoms with Crippen LogP contribution in [0.15, 0.2) is 6.20 Å². The summed E-state index contributed by atoms with van der Waals surface area (Å²) in [5.74, 6) is 0.733. The topological polar surface area (TPSA) is 47.0 Å². The second-order valence-corrected chi connectivity index (χ2v) is 4.70. The zero-order valence-electron chi connectivity index (χ0n) is 11.5. The lowest BCUT2D eigenvalue weighted by Crippen LogP contribution is -2.24. The highest BCUT2D eigenvalue weighted by atomic mass is 16.5. The minimum atomic E-state index is -0.430. The standard InChI is InChI=1S/C13H23N3O/c1-6-7-14-8-11-9-15-12(16-10(11)2)13(3,4)17-5/h9,14H,6-8H2,1-5H3. The second-order valence-electron chi connectivity index (χ2n) is 4.70. The average Bonchev–Trinajstić information content (AvgIpc) is 2.31. The van der Waals surface area contributed by atoms with Crippen molar-refractivity contribution in [2.75, 3.05) is 13.7 Å². The monoisotopic (exact) mass is 237 g/mol. The summed E-state index contributed by atoms with van der Waals surface area (Å²) in [7, 11) is 1.68. The number of aryl methyl sites for hydroxylation is 1. The summed E-state index contributed by atoms with van der Waals surface area (Å²) in [6.45, 7) is 9.95. The smallest absolute Gasteiger partial charge is 0.159 e. The van der Waals surface area contributed by atoms with Gasteiger partial charge in [0, 0.05) is 31.1 Å². The molecule has 1 aromatic rings. The van der Waals surface area contributed by atoms with E-state index in [4.69, 9.17) is 4.74 Å². The summed E-state index contributed by atoms with van der Waals surface area (Å²) < 4.78 is 5.38. The van der Waals surface area contributed by atoms with Crippen LogP contribution in [0.3, 0.4) is 0 Å². The van der Waals surface area contributed by atoms with Gasteiger partial charge in [-0.1, -0.05) is 6.92 Å². The van der Waals surface area contributed by atoms with Gasteiger partial charge in [-0.15, -0.1) is 0 Å². The molecule has 0 spiro atoms. The van der Waals surface area contributed by atoms with Crippen molar-refractivity contribution in [3.63, 3.8) is 0 Å². The Hall–Kier alpha value is -1.00. The van der Waals surface area contributed by atoms with Crippen molar-refractivity contribution in [1.29, 1.82) is 0 Å². The van der Waals surface area contributed by atoms with Crippen LogP contribution < -0.4 is 5.32 Å². The first-order valence-corrected chi connectivity index (χ1v) is 6.10. The van der Waals surface area contributed by atoms with Gasteiger partial charge in [0.25, 0.3) is 0 Å². The Bertz CT molecular complexity index is 364. The molecule has 0 saturated carbocycles. The van der Waals surface area contributed by atoms with Crippen LogP contribution in [-0.2, 0) is 16.9 Å². The fraction of sp³-hybridized carbons (Fsp3) is 0.692. The predicted molar refractivity (Wildman–Crippen MR) is 68.8 cm³/mol. The van der Waals surface area contributed by atoms with E-state index in [1.807, 2.05) is 27.0 Å². The Morgan fingerprint density at radius 3 is 2.65 bits per heavy atom. The van der Waals surface area contributed by atoms with Crippen LogP contribution >= 0.6 is 0 Å². The van der Waals surface area contributed by atoms with Gasteiger partial charge in [-0.2, -0.15) is 0 Å². The lowest BCUT2D eigenvalue weighted by molar-refractivity contribution is 0.0113. The molecule has 0 aliphatic carbocycles. The lowest BCUT2D eigenvalue weighted by atomic mass is 10.1. The van der Waals surface area contributed by atoms with E-state index in [0.29, 0.717) is 0 Å². The van der Waals surface area contributed by atoms with E-state index in [0.717, 1.165) is 36.6 Å². The van der Waals surface area contributed by atoms with Gasteiger partial charge < -0.3 is 10.1 Å². The normalized spacial score (nSPS) is 11.8. The van der Waals surface area contributed by atoms with E-state index < -0.39 is 5.60 Å². The Kier molecular flexibility index (Phi) is 5.02. The van der Waals surface area contributed by atoms with E-state index in [2.05, 4.69) is 22.2 Å². The molecule has 0 unspecified atom stereocenters. The van der Waals surface area contributed by atoms with Crippen LogP contribution in [-0.4, -0.2) is 23.6 Å². The SMILES string of the molecule is CCCNCc1cnc(C(C)(C)OC)nc1C. The van der Waals surface area contributed by atoms with Crippen molar-refractivity contribution in [3.05, 3.63) is 23.3 Å². The third kappa shape index (κ3) is 3.75. The Morgan fingerprint density at radius 1 is 1.41 bits per heavy atom. The molecule has 0 aliphatic rings. The first-order valence-electron chi connectivity index (χ1n) is 6.10. The molecule has 96 valence electrons. The van der Waals surface area contributed by atoms with Crippen LogP contribution in [0.1, 0.15) is 44.3 Å². The van der Waals surface area contributed by atoms with Crippen molar-refractivity contribution in [1.82, 2.24) is 15.3 Å². The van der Waals surface area contributed by atoms with Gasteiger partial charge in [0.2, 0.25) is 0 Å². The van der Waals surface area contributed by atoms with Crippen LogP contribution in [0.25, 0.3) is 0 Å². The summed E-state index contributed by atoms with van der Waals surface area (Å²) >= 11 is 0. The van der Waals surface area contributed by atoms with Gasteiger partial charge in [0.15, 0.2) is 5.82 Å². The molecule has 0 radical (unpaired) electrons. The maximum Gasteiger partial charge on any atom is 0.159 e. The minimum absolute atomic E-state index is 0.430. The molecule has 0 aliphatic heterocycles. The Morgan fingerprint density at radius 2 is 2.12 bits per heavy atom. The highest BCUT2D eigenvalue weighted by Gasteiger charge is 2.23. The van der Waals surface area contributed by atoms with E-state index in [9.17, 15) is 0 Å². The lowest BCUT2D eigenvalue weighted by Gasteiger charge is -2.21. The molecule has 1 N–H and O–H groups in total. The van der Waals surface area contributed by atoms with Gasteiger partial charge in [0.1, 0.15) is 5.60 Å². The highest BCUT2D eigenvalue weighted by molar-refractivity contribution is 5.17. The molecule has 0 aromatic carbocycles. The van der Waals surface area contributed by atoms with Crippen LogP contribution in [0.5, 0.6) is 0 Å². The number of nitrogens with zero attached hydrogens (tertiary/aromatic N) is 2. The quantitative estimate of drug-likeness (QED) is 0.770. The maximum atomic E-state index is 5.38. The molecular formula is C13H23N3O. The van der Waals surface area contributed by atoms with E-state index in [1.165, 1.54) is 0 Å². The van der Waals surface area contributed by atoms with E-state index in [-0.39, 0.29) is 0 Å². The van der Waals surface area contributed by atoms with Gasteiger partial charge in [-0.05, 0) is 33.7 Å². The summed E-state index contributed by atoms with van der Waals surface area (Å²) in [5.41, 5.74) is 1.73. The third-order valence-electron chi connectivity index (χ3n) is 2.87. The second kappa shape index (κ2) is 6.07. The molecule has 1 aromatic heterocycles. The maximum absolute atomic E-state index is 5.38. The molecule has 17 heavy (non-hydrogen) atoms. The number of methoxy groups -OCH3 is 1. The first kappa shape index (κ1) is 14.1. The molecule has 0 saturated heterocycles. The van der Waals surface area contributed by atoms with Crippen molar-refractivity contribution in [2.24, 2.45) is 0 Å². The largest absolute Gasteiger partial charge is 0.371 e. The van der Waals surface area contributed by atoms with Gasteiger partial charge in [-0.25, -0.2) is 9.97 Å². The van der Waals surface area contributed by atoms with Crippen molar-refractivity contribution < 1.29 is 4.74 Å². The van der Waals surface area contributed by atoms with Crippen LogP contribution in [0, 0.1) is 6.92 Å². The average molecular weight is 237 g/mol. The zero-order valence-corrected chi connectivity index (χ0v) is 11.5. The molecule has 4 nitrogen and oxygen atoms in total. The fourth-order valence-electron chi connectivity index (χ4n) is 1.45. The predicted octanol–water partition coefficient (Wildman–Crippen LogP) is 2.17. The van der Waals surface area contributed by atoms with Crippen molar-refractivity contribution >= 4 is 0 Å². The highest BCUT2D eigenvalue weighted by Crippen LogP contribution is 2.20. The molecule has 1 heterocycles. The van der Waals surface area contributed by atoms with Crippen molar-refractivity contribution in [2.45, 2.75) is 46.3 Å². The Balaban J connectivity index is 2.79. The van der Waals surface area contributed by atoms with E-state index in [1.54, 1.807) is 7.11 Å². The molecule has 0 amide bonds. The number of rotatable bonds is 6. The minimum Gasteiger partial charge on any atom is -0.371 e. The summed E-state index contributed by atoms with van der Waals surface area (Å²) in [4.78, 5) is 8.90. The molecule has 0 fully saturated rings. The molecule has 4 heteroatoms. The van der Waals surface area contributed by atoms with Crippen molar-refractivity contribution in [3.8, 4) is 0 Å². The molecule has 0 atom stereocenters. The van der Waals surface area contributed by atoms with Crippen LogP contribution in [0.2, 0.25) is 0 Å². The number of hydrogen-bond donors (Lipinski definition) is 1. The van der Waals surface area contributed by atoms with Gasteiger partial charge >= 0.3 is 0 Å². The number of aromatic nitrogens is 2. The van der Waals surface area contributed by atoms with E-state index >= 15 is 0 Å². The summed E-state index contributed by atoms with van der Waals surface area (Å²) in [5, 5.41) is 3.35. The fourth-order valence-corrected chi connectivity index (χ4v) is 1.45. The first-order chi connectivity index (χ1) is 8.01. The zero-order chi connectivity index (χ0) is 12.9. The number of ether oxygens (including phenoxy) is 1. The molecule has 1 rings (SSSR count). The molecular weight excluding hydrogens is 214 g/mol. The third-order valence-corrected chi connectivity index (χ3v) is 2.87. The van der Waals surface area contributed by atoms with Gasteiger partial charge in [0.05, 0.1) is 0 Å². The summed E-state index contributed by atoms with van der Waals surface area (Å²) in [6.07, 6.45) is 3.02. The molecule has 0 bridgehead atoms. The van der Waals surface area contributed by atoms with Gasteiger partial charge in [-0.3, -0.25) is 0 Å². The Labute approximate surface area is 104 Å². The number of hydrogen-bond acceptors (Lipinski definition) is 4.